The van der Waals surface area contributed by atoms with Crippen LogP contribution < -0.4 is 10.6 Å². The first kappa shape index (κ1) is 20.1. The minimum atomic E-state index is -0.284. The third kappa shape index (κ3) is 4.98. The number of nitrogens with one attached hydrogen (secondary N) is 2. The van der Waals surface area contributed by atoms with Gasteiger partial charge in [0.05, 0.1) is 12.0 Å². The molecule has 1 saturated heterocycles. The summed E-state index contributed by atoms with van der Waals surface area (Å²) in [7, 11) is 0. The molecule has 2 N–H and O–H groups in total. The monoisotopic (exact) mass is 379 g/mol. The average Bonchev–Trinajstić information content (AvgIpc) is 2.70. The molecule has 1 aliphatic heterocycles. The Balaban J connectivity index is 1.59. The fourth-order valence-electron chi connectivity index (χ4n) is 3.69. The molecule has 0 bridgehead atoms. The molecule has 0 spiro atoms. The van der Waals surface area contributed by atoms with Crippen LogP contribution in [0.2, 0.25) is 0 Å². The maximum absolute atomic E-state index is 12.8. The van der Waals surface area contributed by atoms with Crippen molar-refractivity contribution in [3.05, 3.63) is 59.7 Å². The second-order valence-electron chi connectivity index (χ2n) is 7.67. The van der Waals surface area contributed by atoms with Gasteiger partial charge in [0, 0.05) is 17.9 Å². The number of amides is 2. The number of likely N-dealkylation sites (tertiary alicyclic amines) is 1. The number of nitrogens with zero attached hydrogens (tertiary/aromatic N) is 1. The van der Waals surface area contributed by atoms with Crippen LogP contribution in [0.25, 0.3) is 0 Å². The number of rotatable bonds is 5. The molecule has 1 fully saturated rings. The molecule has 2 aromatic carbocycles. The highest BCUT2D eigenvalue weighted by atomic mass is 16.2. The van der Waals surface area contributed by atoms with Crippen LogP contribution in [0.3, 0.4) is 0 Å². The van der Waals surface area contributed by atoms with E-state index in [-0.39, 0.29) is 23.8 Å². The number of hydrogen-bond donors (Lipinski definition) is 2. The summed E-state index contributed by atoms with van der Waals surface area (Å²) in [5, 5.41) is 6.02. The maximum atomic E-state index is 12.8. The molecule has 1 heterocycles. The molecule has 0 aromatic heterocycles. The highest BCUT2D eigenvalue weighted by molar-refractivity contribution is 5.95. The molecule has 0 saturated carbocycles. The van der Waals surface area contributed by atoms with Gasteiger partial charge in [-0.25, -0.2) is 0 Å². The van der Waals surface area contributed by atoms with E-state index in [1.807, 2.05) is 63.2 Å². The molecule has 28 heavy (non-hydrogen) atoms. The van der Waals surface area contributed by atoms with Crippen LogP contribution in [-0.2, 0) is 9.59 Å². The van der Waals surface area contributed by atoms with Gasteiger partial charge in [-0.15, -0.1) is 0 Å². The third-order valence-corrected chi connectivity index (χ3v) is 5.43. The van der Waals surface area contributed by atoms with Crippen LogP contribution in [0.1, 0.15) is 30.9 Å². The van der Waals surface area contributed by atoms with Crippen molar-refractivity contribution in [3.8, 4) is 0 Å². The van der Waals surface area contributed by atoms with Crippen molar-refractivity contribution in [2.24, 2.45) is 5.92 Å². The van der Waals surface area contributed by atoms with Gasteiger partial charge < -0.3 is 10.6 Å². The SMILES string of the molecule is Cc1ccc(NC(=O)[C@H](C)N2CCC[C@@H](C(=O)Nc3ccccc3)C2)c(C)c1. The molecule has 0 radical (unpaired) electrons. The van der Waals surface area contributed by atoms with Crippen LogP contribution in [0.5, 0.6) is 0 Å². The summed E-state index contributed by atoms with van der Waals surface area (Å²) in [4.78, 5) is 27.5. The third-order valence-electron chi connectivity index (χ3n) is 5.43. The number of hydrogen-bond acceptors (Lipinski definition) is 3. The Morgan fingerprint density at radius 2 is 1.82 bits per heavy atom. The van der Waals surface area contributed by atoms with Gasteiger partial charge in [0.25, 0.3) is 0 Å². The molecule has 3 rings (SSSR count). The van der Waals surface area contributed by atoms with Gasteiger partial charge in [-0.1, -0.05) is 35.9 Å². The normalized spacial score (nSPS) is 18.3. The Bertz CT molecular complexity index is 835. The van der Waals surface area contributed by atoms with Gasteiger partial charge in [0.2, 0.25) is 11.8 Å². The zero-order valence-corrected chi connectivity index (χ0v) is 16.9. The molecule has 5 heteroatoms. The lowest BCUT2D eigenvalue weighted by Gasteiger charge is -2.35. The molecule has 2 atom stereocenters. The molecule has 0 aliphatic carbocycles. The first-order chi connectivity index (χ1) is 13.4. The van der Waals surface area contributed by atoms with Gasteiger partial charge in [0.15, 0.2) is 0 Å². The Morgan fingerprint density at radius 3 is 2.54 bits per heavy atom. The largest absolute Gasteiger partial charge is 0.326 e. The van der Waals surface area contributed by atoms with E-state index in [2.05, 4.69) is 21.6 Å². The van der Waals surface area contributed by atoms with E-state index in [9.17, 15) is 9.59 Å². The topological polar surface area (TPSA) is 61.4 Å². The van der Waals surface area contributed by atoms with Crippen molar-refractivity contribution in [2.75, 3.05) is 23.7 Å². The number of aryl methyl sites for hydroxylation is 2. The standard InChI is InChI=1S/C23H29N3O2/c1-16-11-12-21(17(2)14-16)25-22(27)18(3)26-13-7-8-19(15-26)23(28)24-20-9-5-4-6-10-20/h4-6,9-12,14,18-19H,7-8,13,15H2,1-3H3,(H,24,28)(H,25,27)/t18-,19+/m0/s1. The van der Waals surface area contributed by atoms with E-state index >= 15 is 0 Å². The molecule has 5 nitrogen and oxygen atoms in total. The highest BCUT2D eigenvalue weighted by Gasteiger charge is 2.31. The molecule has 2 amide bonds. The molecule has 2 aromatic rings. The zero-order chi connectivity index (χ0) is 20.1. The number of piperidine rings is 1. The summed E-state index contributed by atoms with van der Waals surface area (Å²) in [6.07, 6.45) is 1.76. The van der Waals surface area contributed by atoms with Gasteiger partial charge in [-0.05, 0) is 63.9 Å². The van der Waals surface area contributed by atoms with E-state index in [0.29, 0.717) is 6.54 Å². The number of para-hydroxylation sites is 1. The predicted octanol–water partition coefficient (Wildman–Crippen LogP) is 3.98. The van der Waals surface area contributed by atoms with Gasteiger partial charge in [0.1, 0.15) is 0 Å². The van der Waals surface area contributed by atoms with Crippen molar-refractivity contribution in [3.63, 3.8) is 0 Å². The number of benzene rings is 2. The zero-order valence-electron chi connectivity index (χ0n) is 16.9. The first-order valence-electron chi connectivity index (χ1n) is 9.92. The quantitative estimate of drug-likeness (QED) is 0.826. The summed E-state index contributed by atoms with van der Waals surface area (Å²) >= 11 is 0. The van der Waals surface area contributed by atoms with Crippen molar-refractivity contribution in [1.82, 2.24) is 4.90 Å². The van der Waals surface area contributed by atoms with Gasteiger partial charge >= 0.3 is 0 Å². The predicted molar refractivity (Wildman–Crippen MR) is 113 cm³/mol. The van der Waals surface area contributed by atoms with E-state index in [1.165, 1.54) is 5.56 Å². The summed E-state index contributed by atoms with van der Waals surface area (Å²) in [6.45, 7) is 7.38. The first-order valence-corrected chi connectivity index (χ1v) is 9.92. The molecule has 148 valence electrons. The van der Waals surface area contributed by atoms with Crippen LogP contribution in [0.4, 0.5) is 11.4 Å². The fourth-order valence-corrected chi connectivity index (χ4v) is 3.69. The fraction of sp³-hybridized carbons (Fsp3) is 0.391. The van der Waals surface area contributed by atoms with Crippen molar-refractivity contribution < 1.29 is 9.59 Å². The Kier molecular flexibility index (Phi) is 6.47. The summed E-state index contributed by atoms with van der Waals surface area (Å²) < 4.78 is 0. The molecular weight excluding hydrogens is 350 g/mol. The summed E-state index contributed by atoms with van der Waals surface area (Å²) in [6, 6.07) is 15.2. The molecule has 1 aliphatic rings. The van der Waals surface area contributed by atoms with Gasteiger partial charge in [-0.2, -0.15) is 0 Å². The van der Waals surface area contributed by atoms with Crippen LogP contribution in [0.15, 0.2) is 48.5 Å². The van der Waals surface area contributed by atoms with E-state index in [0.717, 1.165) is 36.3 Å². The number of carbonyl (C=O) groups is 2. The summed E-state index contributed by atoms with van der Waals surface area (Å²) in [5.41, 5.74) is 3.88. The number of anilines is 2. The maximum Gasteiger partial charge on any atom is 0.241 e. The van der Waals surface area contributed by atoms with Crippen molar-refractivity contribution in [1.29, 1.82) is 0 Å². The Hall–Kier alpha value is -2.66. The minimum Gasteiger partial charge on any atom is -0.326 e. The van der Waals surface area contributed by atoms with Crippen molar-refractivity contribution in [2.45, 2.75) is 39.7 Å². The lowest BCUT2D eigenvalue weighted by Crippen LogP contribution is -2.49. The Morgan fingerprint density at radius 1 is 1.07 bits per heavy atom. The highest BCUT2D eigenvalue weighted by Crippen LogP contribution is 2.22. The lowest BCUT2D eigenvalue weighted by atomic mass is 9.95. The van der Waals surface area contributed by atoms with E-state index in [1.54, 1.807) is 0 Å². The van der Waals surface area contributed by atoms with E-state index < -0.39 is 0 Å². The molecular formula is C23H29N3O2. The van der Waals surface area contributed by atoms with Crippen LogP contribution >= 0.6 is 0 Å². The smallest absolute Gasteiger partial charge is 0.241 e. The minimum absolute atomic E-state index is 0.0258. The Labute approximate surface area is 167 Å². The second kappa shape index (κ2) is 9.02. The average molecular weight is 380 g/mol. The van der Waals surface area contributed by atoms with Crippen molar-refractivity contribution >= 4 is 23.2 Å². The van der Waals surface area contributed by atoms with Crippen LogP contribution in [-0.4, -0.2) is 35.8 Å². The van der Waals surface area contributed by atoms with Gasteiger partial charge in [-0.3, -0.25) is 14.5 Å². The molecule has 0 unspecified atom stereocenters. The summed E-state index contributed by atoms with van der Waals surface area (Å²) in [5.74, 6) is -0.112. The van der Waals surface area contributed by atoms with E-state index in [4.69, 9.17) is 0 Å². The number of carbonyl (C=O) groups excluding carboxylic acids is 2. The van der Waals surface area contributed by atoms with Crippen LogP contribution in [0, 0.1) is 19.8 Å². The lowest BCUT2D eigenvalue weighted by molar-refractivity contribution is -0.125. The second-order valence-corrected chi connectivity index (χ2v) is 7.67.